The Morgan fingerprint density at radius 2 is 2.18 bits per heavy atom. The highest BCUT2D eigenvalue weighted by Gasteiger charge is 2.26. The molecule has 6 heteroatoms. The lowest BCUT2D eigenvalue weighted by atomic mass is 9.97. The number of thiazole rings is 1. The summed E-state index contributed by atoms with van der Waals surface area (Å²) in [6, 6.07) is 5.46. The second-order valence-corrected chi connectivity index (χ2v) is 7.07. The molecule has 22 heavy (non-hydrogen) atoms. The van der Waals surface area contributed by atoms with Gasteiger partial charge in [-0.1, -0.05) is 0 Å². The maximum atomic E-state index is 12.6. The first-order valence-corrected chi connectivity index (χ1v) is 8.88. The van der Waals surface area contributed by atoms with Gasteiger partial charge in [-0.05, 0) is 47.0 Å². The van der Waals surface area contributed by atoms with Crippen LogP contribution < -0.4 is 4.74 Å². The van der Waals surface area contributed by atoms with E-state index >= 15 is 0 Å². The first-order valence-electron chi connectivity index (χ1n) is 7.21. The van der Waals surface area contributed by atoms with Crippen LogP contribution in [-0.4, -0.2) is 36.0 Å². The van der Waals surface area contributed by atoms with Crippen LogP contribution in [0.25, 0.3) is 0 Å². The molecule has 0 radical (unpaired) electrons. The molecule has 0 saturated carbocycles. The standard InChI is InChI=1S/C16H17BrN2O2S/c1-21-14-3-2-12(10-13(14)17)16(20)19-7-4-11(5-8-19)15-18-6-9-22-15/h2-3,6,9-11H,4-5,7-8H2,1H3. The molecule has 1 aliphatic heterocycles. The Bertz CT molecular complexity index is 652. The summed E-state index contributed by atoms with van der Waals surface area (Å²) < 4.78 is 6.01. The Kier molecular flexibility index (Phi) is 4.78. The van der Waals surface area contributed by atoms with Gasteiger partial charge in [0.2, 0.25) is 0 Å². The maximum absolute atomic E-state index is 12.6. The molecule has 2 heterocycles. The topological polar surface area (TPSA) is 42.4 Å². The molecule has 116 valence electrons. The molecule has 0 unspecified atom stereocenters. The highest BCUT2D eigenvalue weighted by atomic mass is 79.9. The van der Waals surface area contributed by atoms with Crippen LogP contribution in [0.5, 0.6) is 5.75 Å². The summed E-state index contributed by atoms with van der Waals surface area (Å²) in [4.78, 5) is 18.9. The van der Waals surface area contributed by atoms with Crippen molar-refractivity contribution in [3.05, 3.63) is 44.8 Å². The molecule has 1 aromatic heterocycles. The van der Waals surface area contributed by atoms with Crippen molar-refractivity contribution < 1.29 is 9.53 Å². The average Bonchev–Trinajstić information content (AvgIpc) is 3.09. The van der Waals surface area contributed by atoms with Crippen molar-refractivity contribution >= 4 is 33.2 Å². The molecule has 1 amide bonds. The van der Waals surface area contributed by atoms with Gasteiger partial charge in [-0.15, -0.1) is 11.3 Å². The lowest BCUT2D eigenvalue weighted by Gasteiger charge is -2.31. The first-order chi connectivity index (χ1) is 10.7. The van der Waals surface area contributed by atoms with Crippen molar-refractivity contribution in [2.75, 3.05) is 20.2 Å². The summed E-state index contributed by atoms with van der Waals surface area (Å²) in [7, 11) is 1.62. The number of piperidine rings is 1. The van der Waals surface area contributed by atoms with E-state index in [1.54, 1.807) is 18.4 Å². The van der Waals surface area contributed by atoms with E-state index in [0.717, 1.165) is 36.2 Å². The molecule has 1 saturated heterocycles. The normalized spacial score (nSPS) is 15.8. The van der Waals surface area contributed by atoms with Gasteiger partial charge in [0.15, 0.2) is 0 Å². The second kappa shape index (κ2) is 6.79. The largest absolute Gasteiger partial charge is 0.496 e. The Hall–Kier alpha value is -1.40. The Labute approximate surface area is 142 Å². The Morgan fingerprint density at radius 3 is 2.77 bits per heavy atom. The number of ether oxygens (including phenoxy) is 1. The van der Waals surface area contributed by atoms with Gasteiger partial charge >= 0.3 is 0 Å². The van der Waals surface area contributed by atoms with Gasteiger partial charge in [0.05, 0.1) is 16.6 Å². The van der Waals surface area contributed by atoms with Gasteiger partial charge in [0, 0.05) is 36.1 Å². The fourth-order valence-electron chi connectivity index (χ4n) is 2.75. The van der Waals surface area contributed by atoms with Crippen LogP contribution in [0, 0.1) is 0 Å². The molecule has 0 atom stereocenters. The molecule has 1 fully saturated rings. The zero-order chi connectivity index (χ0) is 15.5. The highest BCUT2D eigenvalue weighted by molar-refractivity contribution is 9.10. The smallest absolute Gasteiger partial charge is 0.253 e. The number of amides is 1. The van der Waals surface area contributed by atoms with Crippen LogP contribution >= 0.6 is 27.3 Å². The fourth-order valence-corrected chi connectivity index (χ4v) is 4.10. The number of hydrogen-bond donors (Lipinski definition) is 0. The van der Waals surface area contributed by atoms with Crippen molar-refractivity contribution in [3.8, 4) is 5.75 Å². The number of hydrogen-bond acceptors (Lipinski definition) is 4. The van der Waals surface area contributed by atoms with E-state index in [0.29, 0.717) is 11.5 Å². The molecule has 3 rings (SSSR count). The van der Waals surface area contributed by atoms with Gasteiger partial charge in [-0.2, -0.15) is 0 Å². The van der Waals surface area contributed by atoms with E-state index in [-0.39, 0.29) is 5.91 Å². The predicted molar refractivity (Wildman–Crippen MR) is 90.7 cm³/mol. The van der Waals surface area contributed by atoms with Crippen LogP contribution in [0.15, 0.2) is 34.2 Å². The van der Waals surface area contributed by atoms with Crippen LogP contribution in [0.1, 0.15) is 34.1 Å². The molecule has 0 spiro atoms. The highest BCUT2D eigenvalue weighted by Crippen LogP contribution is 2.31. The van der Waals surface area contributed by atoms with E-state index in [1.807, 2.05) is 34.7 Å². The van der Waals surface area contributed by atoms with Gasteiger partial charge in [-0.25, -0.2) is 4.98 Å². The zero-order valence-electron chi connectivity index (χ0n) is 12.3. The first kappa shape index (κ1) is 15.5. The van der Waals surface area contributed by atoms with E-state index < -0.39 is 0 Å². The van der Waals surface area contributed by atoms with Crippen molar-refractivity contribution in [2.45, 2.75) is 18.8 Å². The monoisotopic (exact) mass is 380 g/mol. The Balaban J connectivity index is 1.65. The number of carbonyl (C=O) groups excluding carboxylic acids is 1. The lowest BCUT2D eigenvalue weighted by molar-refractivity contribution is 0.0713. The minimum Gasteiger partial charge on any atom is -0.496 e. The van der Waals surface area contributed by atoms with Gasteiger partial charge < -0.3 is 9.64 Å². The maximum Gasteiger partial charge on any atom is 0.253 e. The number of aromatic nitrogens is 1. The number of benzene rings is 1. The summed E-state index contributed by atoms with van der Waals surface area (Å²) in [5.74, 6) is 1.31. The van der Waals surface area contributed by atoms with E-state index in [9.17, 15) is 4.79 Å². The van der Waals surface area contributed by atoms with E-state index in [4.69, 9.17) is 4.74 Å². The summed E-state index contributed by atoms with van der Waals surface area (Å²) in [6.45, 7) is 1.57. The van der Waals surface area contributed by atoms with Crippen molar-refractivity contribution in [3.63, 3.8) is 0 Å². The summed E-state index contributed by atoms with van der Waals surface area (Å²) in [5, 5.41) is 3.21. The number of methoxy groups -OCH3 is 1. The zero-order valence-corrected chi connectivity index (χ0v) is 14.7. The molecule has 0 N–H and O–H groups in total. The number of likely N-dealkylation sites (tertiary alicyclic amines) is 1. The lowest BCUT2D eigenvalue weighted by Crippen LogP contribution is -2.37. The second-order valence-electron chi connectivity index (χ2n) is 5.29. The predicted octanol–water partition coefficient (Wildman–Crippen LogP) is 3.93. The molecular weight excluding hydrogens is 364 g/mol. The van der Waals surface area contributed by atoms with Crippen LogP contribution in [0.3, 0.4) is 0 Å². The van der Waals surface area contributed by atoms with E-state index in [1.165, 1.54) is 5.01 Å². The van der Waals surface area contributed by atoms with Gasteiger partial charge in [0.25, 0.3) is 5.91 Å². The van der Waals surface area contributed by atoms with Gasteiger partial charge in [0.1, 0.15) is 5.75 Å². The summed E-state index contributed by atoms with van der Waals surface area (Å²) in [6.07, 6.45) is 3.82. The molecule has 1 aromatic carbocycles. The summed E-state index contributed by atoms with van der Waals surface area (Å²) in [5.41, 5.74) is 0.695. The number of nitrogens with zero attached hydrogens (tertiary/aromatic N) is 2. The third-order valence-electron chi connectivity index (χ3n) is 3.98. The minimum absolute atomic E-state index is 0.0842. The number of rotatable bonds is 3. The van der Waals surface area contributed by atoms with Crippen molar-refractivity contribution in [1.82, 2.24) is 9.88 Å². The average molecular weight is 381 g/mol. The third kappa shape index (κ3) is 3.17. The van der Waals surface area contributed by atoms with Crippen LogP contribution in [0.2, 0.25) is 0 Å². The molecule has 0 aliphatic carbocycles. The van der Waals surface area contributed by atoms with Crippen LogP contribution in [-0.2, 0) is 0 Å². The molecule has 0 bridgehead atoms. The van der Waals surface area contributed by atoms with Crippen molar-refractivity contribution in [1.29, 1.82) is 0 Å². The minimum atomic E-state index is 0.0842. The molecule has 1 aliphatic rings. The summed E-state index contributed by atoms with van der Waals surface area (Å²) >= 11 is 5.14. The number of carbonyl (C=O) groups is 1. The third-order valence-corrected chi connectivity index (χ3v) is 5.54. The SMILES string of the molecule is COc1ccc(C(=O)N2CCC(c3nccs3)CC2)cc1Br. The molecule has 2 aromatic rings. The molecular formula is C16H17BrN2O2S. The van der Waals surface area contributed by atoms with Crippen LogP contribution in [0.4, 0.5) is 0 Å². The van der Waals surface area contributed by atoms with E-state index in [2.05, 4.69) is 20.9 Å². The Morgan fingerprint density at radius 1 is 1.41 bits per heavy atom. The molecule has 4 nitrogen and oxygen atoms in total. The number of halogens is 1. The van der Waals surface area contributed by atoms with Gasteiger partial charge in [-0.3, -0.25) is 4.79 Å². The fraction of sp³-hybridized carbons (Fsp3) is 0.375. The van der Waals surface area contributed by atoms with Crippen molar-refractivity contribution in [2.24, 2.45) is 0 Å². The quantitative estimate of drug-likeness (QED) is 0.809.